The van der Waals surface area contributed by atoms with Crippen LogP contribution in [0.15, 0.2) is 53.4 Å². The minimum absolute atomic E-state index is 0.0687. The molecule has 0 unspecified atom stereocenters. The summed E-state index contributed by atoms with van der Waals surface area (Å²) in [5, 5.41) is 9.44. The second-order valence-electron chi connectivity index (χ2n) is 12.6. The zero-order valence-electron chi connectivity index (χ0n) is 27.4. The van der Waals surface area contributed by atoms with Crippen LogP contribution < -0.4 is 5.32 Å². The maximum absolute atomic E-state index is 13.5. The van der Waals surface area contributed by atoms with Gasteiger partial charge in [0.2, 0.25) is 5.91 Å². The molecule has 2 amide bonds. The molecule has 0 radical (unpaired) electrons. The van der Waals surface area contributed by atoms with E-state index in [4.69, 9.17) is 9.90 Å². The van der Waals surface area contributed by atoms with Gasteiger partial charge >= 0.3 is 24.5 Å². The number of hydrogen-bond donors (Lipinski definition) is 2. The Bertz CT molecular complexity index is 1630. The Kier molecular flexibility index (Phi) is 12.9. The fourth-order valence-corrected chi connectivity index (χ4v) is 7.79. The van der Waals surface area contributed by atoms with Crippen LogP contribution >= 0.6 is 0 Å². The molecular formula is C32H36F9N3O6S. The van der Waals surface area contributed by atoms with Crippen molar-refractivity contribution in [2.45, 2.75) is 87.1 Å². The molecule has 284 valence electrons. The summed E-state index contributed by atoms with van der Waals surface area (Å²) in [7, 11) is -1.76. The first-order valence-electron chi connectivity index (χ1n) is 15.5. The number of nitrogens with zero attached hydrogens (tertiary/aromatic N) is 2. The first-order valence-corrected chi connectivity index (χ1v) is 17.2. The number of carboxylic acids is 1. The SMILES string of the molecule is CC(C)N(C)[C@@H]1CC[C@H](N2CC[C@H](NC(=O)c3cc(C(F)(F)F)cc(C(F)(F)F)c3)C2=O)[C@H](CS(=O)(=O)c2ccccc2)C1.O=C(O)C(F)(F)F. The van der Waals surface area contributed by atoms with Gasteiger partial charge in [0.1, 0.15) is 6.04 Å². The highest BCUT2D eigenvalue weighted by Gasteiger charge is 2.45. The predicted octanol–water partition coefficient (Wildman–Crippen LogP) is 6.04. The maximum atomic E-state index is 13.5. The van der Waals surface area contributed by atoms with Crippen molar-refractivity contribution in [3.05, 3.63) is 65.2 Å². The molecule has 2 fully saturated rings. The van der Waals surface area contributed by atoms with Crippen LogP contribution in [0, 0.1) is 5.92 Å². The number of benzene rings is 2. The van der Waals surface area contributed by atoms with Crippen molar-refractivity contribution in [3.63, 3.8) is 0 Å². The van der Waals surface area contributed by atoms with Crippen LogP contribution in [0.1, 0.15) is 61.0 Å². The van der Waals surface area contributed by atoms with Crippen LogP contribution in [0.25, 0.3) is 0 Å². The van der Waals surface area contributed by atoms with Gasteiger partial charge in [-0.2, -0.15) is 39.5 Å². The molecule has 51 heavy (non-hydrogen) atoms. The summed E-state index contributed by atoms with van der Waals surface area (Å²) in [6, 6.07) is 7.14. The first kappa shape index (κ1) is 41.5. The number of carboxylic acid groups (broad SMARTS) is 1. The van der Waals surface area contributed by atoms with Crippen molar-refractivity contribution >= 4 is 27.6 Å². The molecule has 19 heteroatoms. The number of carbonyl (C=O) groups is 3. The molecule has 2 aliphatic rings. The summed E-state index contributed by atoms with van der Waals surface area (Å²) in [4.78, 5) is 39.1. The van der Waals surface area contributed by atoms with E-state index >= 15 is 0 Å². The van der Waals surface area contributed by atoms with E-state index in [0.717, 1.165) is 0 Å². The van der Waals surface area contributed by atoms with Crippen molar-refractivity contribution < 1.29 is 67.4 Å². The normalized spacial score (nSPS) is 21.8. The Balaban J connectivity index is 0.000000908. The molecule has 1 saturated carbocycles. The van der Waals surface area contributed by atoms with Crippen molar-refractivity contribution in [3.8, 4) is 0 Å². The van der Waals surface area contributed by atoms with E-state index in [9.17, 15) is 57.5 Å². The molecule has 2 N–H and O–H groups in total. The largest absolute Gasteiger partial charge is 0.490 e. The standard InChI is InChI=1S/C30H35F6N3O4S.C2HF3O2/c1-18(2)38(3)23-9-10-26(20(15-23)17-44(42,43)24-7-5-4-6-8-24)39-12-11-25(28(39)41)37-27(40)19-13-21(29(31,32)33)16-22(14-19)30(34,35)36;3-2(4,5)1(6)7/h4-8,13-14,16,18,20,23,25-26H,9-12,15,17H2,1-3H3,(H,37,40);(H,6,7)/t20-,23+,25-,26-;/m0./s1. The highest BCUT2D eigenvalue weighted by molar-refractivity contribution is 7.91. The molecule has 1 heterocycles. The van der Waals surface area contributed by atoms with E-state index in [1.54, 1.807) is 18.2 Å². The number of nitrogens with one attached hydrogen (secondary N) is 1. The number of hydrogen-bond acceptors (Lipinski definition) is 6. The quantitative estimate of drug-likeness (QED) is 0.315. The van der Waals surface area contributed by atoms with Crippen molar-refractivity contribution in [2.75, 3.05) is 19.3 Å². The summed E-state index contributed by atoms with van der Waals surface area (Å²) in [5.41, 5.74) is -4.15. The van der Waals surface area contributed by atoms with Crippen LogP contribution in [-0.4, -0.2) is 90.8 Å². The minimum Gasteiger partial charge on any atom is -0.475 e. The lowest BCUT2D eigenvalue weighted by atomic mass is 9.81. The van der Waals surface area contributed by atoms with Crippen LogP contribution in [0.4, 0.5) is 39.5 Å². The van der Waals surface area contributed by atoms with E-state index in [1.165, 1.54) is 17.0 Å². The fourth-order valence-electron chi connectivity index (χ4n) is 6.10. The molecular weight excluding hydrogens is 725 g/mol. The number of halogens is 9. The van der Waals surface area contributed by atoms with Gasteiger partial charge in [-0.1, -0.05) is 18.2 Å². The van der Waals surface area contributed by atoms with Crippen LogP contribution in [0.5, 0.6) is 0 Å². The molecule has 2 aromatic carbocycles. The third kappa shape index (κ3) is 10.8. The second-order valence-corrected chi connectivity index (χ2v) is 14.6. The second kappa shape index (κ2) is 15.8. The lowest BCUT2D eigenvalue weighted by Crippen LogP contribution is -2.53. The van der Waals surface area contributed by atoms with Crippen LogP contribution in [-0.2, 0) is 31.8 Å². The van der Waals surface area contributed by atoms with E-state index in [-0.39, 0.29) is 41.8 Å². The van der Waals surface area contributed by atoms with Crippen LogP contribution in [0.2, 0.25) is 0 Å². The third-order valence-corrected chi connectivity index (χ3v) is 10.7. The molecule has 9 nitrogen and oxygen atoms in total. The van der Waals surface area contributed by atoms with Gasteiger partial charge in [0.25, 0.3) is 5.91 Å². The summed E-state index contributed by atoms with van der Waals surface area (Å²) in [5.74, 6) is -5.21. The Morgan fingerprint density at radius 3 is 1.92 bits per heavy atom. The number of rotatable bonds is 8. The summed E-state index contributed by atoms with van der Waals surface area (Å²) < 4.78 is 138. The van der Waals surface area contributed by atoms with Gasteiger partial charge in [0, 0.05) is 30.2 Å². The van der Waals surface area contributed by atoms with Gasteiger partial charge in [-0.25, -0.2) is 13.2 Å². The number of sulfone groups is 1. The smallest absolute Gasteiger partial charge is 0.475 e. The Hall–Kier alpha value is -3.87. The van der Waals surface area contributed by atoms with E-state index < -0.39 is 80.8 Å². The van der Waals surface area contributed by atoms with Gasteiger partial charge in [-0.15, -0.1) is 0 Å². The maximum Gasteiger partial charge on any atom is 0.490 e. The lowest BCUT2D eigenvalue weighted by Gasteiger charge is -2.44. The number of amides is 2. The van der Waals surface area contributed by atoms with E-state index in [1.807, 2.05) is 20.9 Å². The molecule has 4 atom stereocenters. The van der Waals surface area contributed by atoms with Gasteiger partial charge in [-0.3, -0.25) is 9.59 Å². The van der Waals surface area contributed by atoms with Crippen molar-refractivity contribution in [1.29, 1.82) is 0 Å². The van der Waals surface area contributed by atoms with Crippen LogP contribution in [0.3, 0.4) is 0 Å². The lowest BCUT2D eigenvalue weighted by molar-refractivity contribution is -0.192. The molecule has 0 bridgehead atoms. The van der Waals surface area contributed by atoms with E-state index in [0.29, 0.717) is 31.4 Å². The molecule has 1 saturated heterocycles. The third-order valence-electron chi connectivity index (χ3n) is 8.88. The Labute approximate surface area is 287 Å². The molecule has 4 rings (SSSR count). The average molecular weight is 762 g/mol. The van der Waals surface area contributed by atoms with Gasteiger partial charge < -0.3 is 20.2 Å². The molecule has 1 aliphatic carbocycles. The van der Waals surface area contributed by atoms with Gasteiger partial charge in [0.15, 0.2) is 9.84 Å². The van der Waals surface area contributed by atoms with E-state index in [2.05, 4.69) is 10.2 Å². The van der Waals surface area contributed by atoms with Gasteiger partial charge in [0.05, 0.1) is 21.8 Å². The predicted molar refractivity (Wildman–Crippen MR) is 164 cm³/mol. The Morgan fingerprint density at radius 2 is 1.45 bits per heavy atom. The highest BCUT2D eigenvalue weighted by Crippen LogP contribution is 2.38. The average Bonchev–Trinajstić information content (AvgIpc) is 3.38. The summed E-state index contributed by atoms with van der Waals surface area (Å²) >= 11 is 0. The number of likely N-dealkylation sites (tertiary alicyclic amines) is 1. The monoisotopic (exact) mass is 761 g/mol. The molecule has 1 aliphatic heterocycles. The fraction of sp³-hybridized carbons (Fsp3) is 0.531. The Morgan fingerprint density at radius 1 is 0.922 bits per heavy atom. The first-order chi connectivity index (χ1) is 23.3. The molecule has 0 aromatic heterocycles. The number of aliphatic carboxylic acids is 1. The zero-order valence-corrected chi connectivity index (χ0v) is 28.3. The minimum atomic E-state index is -5.13. The van der Waals surface area contributed by atoms with Gasteiger partial charge in [-0.05, 0) is 82.8 Å². The zero-order chi connectivity index (χ0) is 38.7. The summed E-state index contributed by atoms with van der Waals surface area (Å²) in [6.07, 6.45) is -13.6. The molecule has 2 aromatic rings. The highest BCUT2D eigenvalue weighted by atomic mass is 32.2. The molecule has 0 spiro atoms. The summed E-state index contributed by atoms with van der Waals surface area (Å²) in [6.45, 7) is 4.21. The number of carbonyl (C=O) groups excluding carboxylic acids is 2. The number of alkyl halides is 9. The topological polar surface area (TPSA) is 124 Å². The van der Waals surface area contributed by atoms with Crippen molar-refractivity contribution in [1.82, 2.24) is 15.1 Å². The van der Waals surface area contributed by atoms with Crippen molar-refractivity contribution in [2.24, 2.45) is 5.92 Å².